The van der Waals surface area contributed by atoms with Crippen LogP contribution in [-0.4, -0.2) is 8.07 Å². The molecule has 0 spiro atoms. The molecule has 0 aromatic heterocycles. The van der Waals surface area contributed by atoms with E-state index >= 15 is 0 Å². The van der Waals surface area contributed by atoms with Crippen LogP contribution >= 0.6 is 0 Å². The van der Waals surface area contributed by atoms with E-state index in [2.05, 4.69) is 53.7 Å². The van der Waals surface area contributed by atoms with E-state index in [4.69, 9.17) is 0 Å². The number of hydrogen-bond acceptors (Lipinski definition) is 0. The first-order valence-electron chi connectivity index (χ1n) is 8.90. The van der Waals surface area contributed by atoms with Gasteiger partial charge in [-0.2, -0.15) is 0 Å². The minimum Gasteiger partial charge on any atom is -1.00 e. The zero-order valence-electron chi connectivity index (χ0n) is 15.9. The summed E-state index contributed by atoms with van der Waals surface area (Å²) >= 11 is -0.123. The standard InChI is InChI=1S/C10H15Si.C10H15.2ClH.Ti/c1-2-11(8-5-9-11)10-6-3-4-7-10;1-7-6-10(4,5)9(3)8(7)2;;;/h3,6H,2,4-5,8-9H2,1H3;1-5H3;2*1H;/q;;;;+2/p-2. The van der Waals surface area contributed by atoms with Crippen molar-refractivity contribution in [3.8, 4) is 0 Å². The molecule has 132 valence electrons. The fourth-order valence-corrected chi connectivity index (χ4v) is 12.6. The summed E-state index contributed by atoms with van der Waals surface area (Å²) in [5.41, 5.74) is 5.13. The van der Waals surface area contributed by atoms with E-state index in [9.17, 15) is 0 Å². The number of rotatable bonds is 4. The third-order valence-electron chi connectivity index (χ3n) is 6.83. The third kappa shape index (κ3) is 3.37. The maximum atomic E-state index is 2.55. The Morgan fingerprint density at radius 1 is 1.08 bits per heavy atom. The molecule has 0 radical (unpaired) electrons. The van der Waals surface area contributed by atoms with E-state index in [1.165, 1.54) is 18.9 Å². The summed E-state index contributed by atoms with van der Waals surface area (Å²) in [5, 5.41) is 1.90. The molecule has 0 aromatic rings. The van der Waals surface area contributed by atoms with E-state index in [0.717, 1.165) is 0 Å². The quantitative estimate of drug-likeness (QED) is 0.580. The topological polar surface area (TPSA) is 0 Å². The van der Waals surface area contributed by atoms with E-state index in [-0.39, 0.29) is 44.0 Å². The van der Waals surface area contributed by atoms with Crippen molar-refractivity contribution in [1.29, 1.82) is 0 Å². The van der Waals surface area contributed by atoms with Gasteiger partial charge in [-0.05, 0) is 0 Å². The van der Waals surface area contributed by atoms with Crippen molar-refractivity contribution in [2.75, 3.05) is 0 Å². The molecule has 0 saturated carbocycles. The normalized spacial score (nSPS) is 23.8. The molecule has 1 heterocycles. The molecule has 0 bridgehead atoms. The summed E-state index contributed by atoms with van der Waals surface area (Å²) in [7, 11) is -1.03. The van der Waals surface area contributed by atoms with Gasteiger partial charge in [0, 0.05) is 0 Å². The SMILES string of the molecule is CC[Si]1(C2=[C]([Ti+2][C]3=C(C)C(C)=C(C)C3(C)C)CC=C2)CCC1.[Cl-].[Cl-]. The van der Waals surface area contributed by atoms with E-state index in [1.54, 1.807) is 28.8 Å². The molecular weight excluding hydrogens is 387 g/mol. The maximum absolute atomic E-state index is 2.55. The third-order valence-corrected chi connectivity index (χ3v) is 16.0. The zero-order valence-corrected chi connectivity index (χ0v) is 20.0. The molecule has 0 nitrogen and oxygen atoms in total. The second-order valence-electron chi connectivity index (χ2n) is 7.99. The van der Waals surface area contributed by atoms with Crippen molar-refractivity contribution in [2.24, 2.45) is 5.41 Å². The molecule has 1 fully saturated rings. The van der Waals surface area contributed by atoms with Gasteiger partial charge in [0.05, 0.1) is 0 Å². The Hall–Kier alpha value is 0.471. The summed E-state index contributed by atoms with van der Waals surface area (Å²) in [4.78, 5) is 0. The fraction of sp³-hybridized carbons (Fsp3) is 0.600. The van der Waals surface area contributed by atoms with Gasteiger partial charge < -0.3 is 24.8 Å². The molecule has 0 N–H and O–H groups in total. The zero-order chi connectivity index (χ0) is 16.1. The van der Waals surface area contributed by atoms with E-state index < -0.39 is 8.07 Å². The molecule has 3 aliphatic rings. The second kappa shape index (κ2) is 8.01. The van der Waals surface area contributed by atoms with Crippen LogP contribution in [0.2, 0.25) is 18.1 Å². The minimum atomic E-state index is -1.03. The predicted octanol–water partition coefficient (Wildman–Crippen LogP) is 0.353. The van der Waals surface area contributed by atoms with Crippen LogP contribution in [0.5, 0.6) is 0 Å². The molecule has 4 heteroatoms. The van der Waals surface area contributed by atoms with Gasteiger partial charge in [-0.3, -0.25) is 0 Å². The van der Waals surface area contributed by atoms with Crippen LogP contribution in [0.3, 0.4) is 0 Å². The van der Waals surface area contributed by atoms with Gasteiger partial charge in [0.1, 0.15) is 0 Å². The van der Waals surface area contributed by atoms with Gasteiger partial charge in [0.15, 0.2) is 0 Å². The Labute approximate surface area is 171 Å². The van der Waals surface area contributed by atoms with Crippen molar-refractivity contribution < 1.29 is 44.0 Å². The maximum Gasteiger partial charge on any atom is -1.00 e. The molecule has 0 unspecified atom stereocenters. The average Bonchev–Trinajstić information content (AvgIpc) is 2.94. The molecule has 24 heavy (non-hydrogen) atoms. The van der Waals surface area contributed by atoms with Crippen LogP contribution < -0.4 is 24.8 Å². The van der Waals surface area contributed by atoms with Crippen molar-refractivity contribution in [3.63, 3.8) is 0 Å². The average molecular weight is 417 g/mol. The van der Waals surface area contributed by atoms with Crippen molar-refractivity contribution >= 4 is 8.07 Å². The van der Waals surface area contributed by atoms with Crippen molar-refractivity contribution in [1.82, 2.24) is 0 Å². The first kappa shape index (κ1) is 22.5. The van der Waals surface area contributed by atoms with Crippen molar-refractivity contribution in [3.05, 3.63) is 41.8 Å². The van der Waals surface area contributed by atoms with Crippen LogP contribution in [0.15, 0.2) is 41.8 Å². The molecule has 2 aliphatic carbocycles. The molecule has 1 saturated heterocycles. The number of hydrogen-bond donors (Lipinski definition) is 0. The summed E-state index contributed by atoms with van der Waals surface area (Å²) in [6.45, 7) is 14.4. The van der Waals surface area contributed by atoms with Crippen LogP contribution in [0.4, 0.5) is 0 Å². The first-order chi connectivity index (χ1) is 10.3. The first-order valence-corrected chi connectivity index (χ1v) is 13.1. The Kier molecular flexibility index (Phi) is 7.51. The number of allylic oxidation sites excluding steroid dienone is 8. The molecule has 0 amide bonds. The Bertz CT molecular complexity index is 629. The van der Waals surface area contributed by atoms with Crippen LogP contribution in [0.1, 0.15) is 54.4 Å². The van der Waals surface area contributed by atoms with Crippen LogP contribution in [0, 0.1) is 5.41 Å². The summed E-state index contributed by atoms with van der Waals surface area (Å²) < 4.78 is 3.72. The van der Waals surface area contributed by atoms with Gasteiger partial charge >= 0.3 is 147 Å². The predicted molar refractivity (Wildman–Crippen MR) is 96.1 cm³/mol. The molecular formula is C20H30Cl2SiTi. The van der Waals surface area contributed by atoms with Crippen LogP contribution in [0.25, 0.3) is 0 Å². The molecule has 0 atom stereocenters. The van der Waals surface area contributed by atoms with Gasteiger partial charge in [-0.25, -0.2) is 0 Å². The van der Waals surface area contributed by atoms with Gasteiger partial charge in [-0.1, -0.05) is 0 Å². The molecule has 0 aromatic carbocycles. The van der Waals surface area contributed by atoms with Crippen LogP contribution in [-0.2, 0) is 19.2 Å². The minimum absolute atomic E-state index is 0. The fourth-order valence-electron chi connectivity index (χ4n) is 4.53. The Morgan fingerprint density at radius 3 is 2.12 bits per heavy atom. The summed E-state index contributed by atoms with van der Waals surface area (Å²) in [6.07, 6.45) is 7.80. The van der Waals surface area contributed by atoms with Gasteiger partial charge in [0.2, 0.25) is 0 Å². The monoisotopic (exact) mass is 416 g/mol. The second-order valence-corrected chi connectivity index (χ2v) is 14.9. The molecule has 1 aliphatic heterocycles. The Morgan fingerprint density at radius 2 is 1.71 bits per heavy atom. The van der Waals surface area contributed by atoms with E-state index in [0.29, 0.717) is 5.41 Å². The Balaban J connectivity index is 0.00000144. The number of halogens is 2. The smallest absolute Gasteiger partial charge is 1.00 e. The van der Waals surface area contributed by atoms with Crippen molar-refractivity contribution in [2.45, 2.75) is 72.5 Å². The van der Waals surface area contributed by atoms with Gasteiger partial charge in [0.25, 0.3) is 0 Å². The van der Waals surface area contributed by atoms with Gasteiger partial charge in [-0.15, -0.1) is 0 Å². The largest absolute Gasteiger partial charge is 1.00 e. The molecule has 3 rings (SSSR count). The summed E-state index contributed by atoms with van der Waals surface area (Å²) in [6, 6.07) is 4.60. The van der Waals surface area contributed by atoms with E-state index in [1.807, 2.05) is 13.0 Å². The summed E-state index contributed by atoms with van der Waals surface area (Å²) in [5.74, 6) is 0.